The van der Waals surface area contributed by atoms with Crippen molar-refractivity contribution in [3.63, 3.8) is 0 Å². The Balaban J connectivity index is 1.61. The summed E-state index contributed by atoms with van der Waals surface area (Å²) in [7, 11) is 0. The normalized spacial score (nSPS) is 10.8. The molecule has 2 aromatic heterocycles. The SMILES string of the molecule is O=C(Cn1nc2c(Oc3cccc(F)c3)nccn2c1=O)Nc1ccccc1Cl. The van der Waals surface area contributed by atoms with Gasteiger partial charge in [0.15, 0.2) is 0 Å². The van der Waals surface area contributed by atoms with Gasteiger partial charge in [0.05, 0.1) is 10.7 Å². The van der Waals surface area contributed by atoms with Crippen LogP contribution in [0.15, 0.2) is 65.7 Å². The van der Waals surface area contributed by atoms with E-state index < -0.39 is 17.4 Å². The number of nitrogens with one attached hydrogen (secondary N) is 1. The van der Waals surface area contributed by atoms with Crippen LogP contribution in [0.3, 0.4) is 0 Å². The molecule has 1 N–H and O–H groups in total. The van der Waals surface area contributed by atoms with Gasteiger partial charge in [0, 0.05) is 18.5 Å². The van der Waals surface area contributed by atoms with Crippen LogP contribution in [0.2, 0.25) is 5.02 Å². The van der Waals surface area contributed by atoms with Crippen LogP contribution in [0, 0.1) is 5.82 Å². The van der Waals surface area contributed by atoms with Gasteiger partial charge in [-0.2, -0.15) is 0 Å². The predicted octanol–water partition coefficient (Wildman–Crippen LogP) is 3.11. The van der Waals surface area contributed by atoms with Crippen LogP contribution in [-0.2, 0) is 11.3 Å². The number of hydrogen-bond acceptors (Lipinski definition) is 5. The number of halogens is 2. The van der Waals surface area contributed by atoms with E-state index in [1.54, 1.807) is 30.3 Å². The second-order valence-electron chi connectivity index (χ2n) is 5.95. The number of ether oxygens (including phenoxy) is 1. The first-order valence-electron chi connectivity index (χ1n) is 8.43. The molecule has 29 heavy (non-hydrogen) atoms. The Labute approximate surface area is 168 Å². The summed E-state index contributed by atoms with van der Waals surface area (Å²) in [6.07, 6.45) is 2.74. The maximum atomic E-state index is 13.4. The number of aromatic nitrogens is 4. The van der Waals surface area contributed by atoms with Crippen molar-refractivity contribution < 1.29 is 13.9 Å². The number of amides is 1. The van der Waals surface area contributed by atoms with Crippen molar-refractivity contribution in [2.24, 2.45) is 0 Å². The second kappa shape index (κ2) is 7.72. The van der Waals surface area contributed by atoms with Crippen LogP contribution < -0.4 is 15.7 Å². The molecule has 0 aliphatic heterocycles. The summed E-state index contributed by atoms with van der Waals surface area (Å²) >= 11 is 6.02. The molecular formula is C19H13ClFN5O3. The first-order chi connectivity index (χ1) is 14.0. The summed E-state index contributed by atoms with van der Waals surface area (Å²) < 4.78 is 21.1. The quantitative estimate of drug-likeness (QED) is 0.543. The molecule has 146 valence electrons. The molecule has 0 aliphatic rings. The van der Waals surface area contributed by atoms with Crippen LogP contribution >= 0.6 is 11.6 Å². The van der Waals surface area contributed by atoms with Crippen LogP contribution in [0.5, 0.6) is 11.6 Å². The lowest BCUT2D eigenvalue weighted by molar-refractivity contribution is -0.117. The summed E-state index contributed by atoms with van der Waals surface area (Å²) in [5, 5.41) is 7.12. The molecule has 0 saturated carbocycles. The van der Waals surface area contributed by atoms with Gasteiger partial charge in [0.1, 0.15) is 18.1 Å². The number of anilines is 1. The minimum absolute atomic E-state index is 0.000428. The van der Waals surface area contributed by atoms with Crippen LogP contribution in [-0.4, -0.2) is 25.1 Å². The van der Waals surface area contributed by atoms with Crippen LogP contribution in [0.4, 0.5) is 10.1 Å². The molecule has 0 fully saturated rings. The fourth-order valence-electron chi connectivity index (χ4n) is 2.63. The molecule has 4 aromatic rings. The third-order valence-electron chi connectivity index (χ3n) is 3.92. The van der Waals surface area contributed by atoms with Gasteiger partial charge in [-0.15, -0.1) is 5.10 Å². The van der Waals surface area contributed by atoms with E-state index in [9.17, 15) is 14.0 Å². The maximum absolute atomic E-state index is 13.4. The molecule has 0 bridgehead atoms. The Bertz CT molecular complexity index is 1270. The van der Waals surface area contributed by atoms with Gasteiger partial charge in [-0.05, 0) is 24.3 Å². The Morgan fingerprint density at radius 3 is 2.83 bits per heavy atom. The lowest BCUT2D eigenvalue weighted by Crippen LogP contribution is -2.28. The highest BCUT2D eigenvalue weighted by molar-refractivity contribution is 6.33. The molecule has 0 spiro atoms. The average molecular weight is 414 g/mol. The first kappa shape index (κ1) is 18.6. The van der Waals surface area contributed by atoms with Crippen LogP contribution in [0.25, 0.3) is 5.65 Å². The Hall–Kier alpha value is -3.72. The van der Waals surface area contributed by atoms with E-state index in [0.29, 0.717) is 10.7 Å². The smallest absolute Gasteiger partial charge is 0.351 e. The molecule has 1 amide bonds. The maximum Gasteiger partial charge on any atom is 0.351 e. The van der Waals surface area contributed by atoms with E-state index in [1.807, 2.05) is 0 Å². The fraction of sp³-hybridized carbons (Fsp3) is 0.0526. The van der Waals surface area contributed by atoms with Crippen molar-refractivity contribution in [2.75, 3.05) is 5.32 Å². The fourth-order valence-corrected chi connectivity index (χ4v) is 2.81. The van der Waals surface area contributed by atoms with Crippen molar-refractivity contribution in [1.82, 2.24) is 19.2 Å². The average Bonchev–Trinajstić information content (AvgIpc) is 3.00. The third-order valence-corrected chi connectivity index (χ3v) is 4.25. The Morgan fingerprint density at radius 2 is 2.03 bits per heavy atom. The summed E-state index contributed by atoms with van der Waals surface area (Å²) in [4.78, 5) is 28.9. The van der Waals surface area contributed by atoms with Crippen molar-refractivity contribution in [1.29, 1.82) is 0 Å². The van der Waals surface area contributed by atoms with Gasteiger partial charge in [0.2, 0.25) is 11.6 Å². The lowest BCUT2D eigenvalue weighted by Gasteiger charge is -2.06. The number of hydrogen-bond donors (Lipinski definition) is 1. The van der Waals surface area contributed by atoms with Crippen molar-refractivity contribution >= 4 is 28.8 Å². The van der Waals surface area contributed by atoms with Gasteiger partial charge in [0.25, 0.3) is 5.88 Å². The van der Waals surface area contributed by atoms with E-state index in [-0.39, 0.29) is 23.8 Å². The number of rotatable bonds is 5. The van der Waals surface area contributed by atoms with Gasteiger partial charge in [-0.1, -0.05) is 29.8 Å². The topological polar surface area (TPSA) is 90.5 Å². The van der Waals surface area contributed by atoms with Crippen LogP contribution in [0.1, 0.15) is 0 Å². The Kier molecular flexibility index (Phi) is 4.96. The number of nitrogens with zero attached hydrogens (tertiary/aromatic N) is 4. The van der Waals surface area contributed by atoms with Crippen molar-refractivity contribution in [2.45, 2.75) is 6.54 Å². The van der Waals surface area contributed by atoms with Gasteiger partial charge in [-0.25, -0.2) is 23.3 Å². The summed E-state index contributed by atoms with van der Waals surface area (Å²) in [5.41, 5.74) is -0.0409. The number of para-hydroxylation sites is 1. The summed E-state index contributed by atoms with van der Waals surface area (Å²) in [6, 6.07) is 12.2. The first-order valence-corrected chi connectivity index (χ1v) is 8.81. The molecule has 0 atom stereocenters. The molecule has 2 aromatic carbocycles. The molecule has 4 rings (SSSR count). The Morgan fingerprint density at radius 1 is 1.21 bits per heavy atom. The van der Waals surface area contributed by atoms with E-state index in [0.717, 1.165) is 4.68 Å². The number of fused-ring (bicyclic) bond motifs is 1. The minimum atomic E-state index is -0.555. The van der Waals surface area contributed by atoms with E-state index in [1.165, 1.54) is 35.0 Å². The molecular weight excluding hydrogens is 401 g/mol. The minimum Gasteiger partial charge on any atom is -0.436 e. The standard InChI is InChI=1S/C19H13ClFN5O3/c20-14-6-1-2-7-15(14)23-16(27)11-26-19(28)25-9-8-22-18(17(25)24-26)29-13-5-3-4-12(21)10-13/h1-10H,11H2,(H,23,27). The second-order valence-corrected chi connectivity index (χ2v) is 6.36. The van der Waals surface area contributed by atoms with Gasteiger partial charge < -0.3 is 10.1 Å². The van der Waals surface area contributed by atoms with Gasteiger partial charge in [-0.3, -0.25) is 4.79 Å². The molecule has 0 unspecified atom stereocenters. The summed E-state index contributed by atoms with van der Waals surface area (Å²) in [6.45, 7) is -0.342. The molecule has 8 nitrogen and oxygen atoms in total. The number of carbonyl (C=O) groups is 1. The zero-order valence-electron chi connectivity index (χ0n) is 14.8. The molecule has 2 heterocycles. The molecule has 0 saturated heterocycles. The highest BCUT2D eigenvalue weighted by atomic mass is 35.5. The highest BCUT2D eigenvalue weighted by Crippen LogP contribution is 2.23. The third kappa shape index (κ3) is 3.94. The lowest BCUT2D eigenvalue weighted by atomic mass is 10.3. The van der Waals surface area contributed by atoms with Gasteiger partial charge >= 0.3 is 5.69 Å². The molecule has 10 heteroatoms. The number of benzene rings is 2. The zero-order chi connectivity index (χ0) is 20.4. The summed E-state index contributed by atoms with van der Waals surface area (Å²) in [5.74, 6) is -0.762. The van der Waals surface area contributed by atoms with Crippen molar-refractivity contribution in [3.8, 4) is 11.6 Å². The molecule has 0 radical (unpaired) electrons. The largest absolute Gasteiger partial charge is 0.436 e. The predicted molar refractivity (Wildman–Crippen MR) is 104 cm³/mol. The highest BCUT2D eigenvalue weighted by Gasteiger charge is 2.16. The van der Waals surface area contributed by atoms with Crippen molar-refractivity contribution in [3.05, 3.63) is 82.2 Å². The monoisotopic (exact) mass is 413 g/mol. The van der Waals surface area contributed by atoms with E-state index >= 15 is 0 Å². The zero-order valence-corrected chi connectivity index (χ0v) is 15.5. The number of carbonyl (C=O) groups excluding carboxylic acids is 1. The van der Waals surface area contributed by atoms with E-state index in [2.05, 4.69) is 15.4 Å². The van der Waals surface area contributed by atoms with E-state index in [4.69, 9.17) is 16.3 Å². The molecule has 0 aliphatic carbocycles.